The molecule has 0 saturated heterocycles. The minimum absolute atomic E-state index is 0.0256. The van der Waals surface area contributed by atoms with Crippen LogP contribution < -0.4 is 10.6 Å². The number of nitrogens with one attached hydrogen (secondary N) is 2. The molecule has 5 nitrogen and oxygen atoms in total. The Kier molecular flexibility index (Phi) is 4.32. The summed E-state index contributed by atoms with van der Waals surface area (Å²) in [5.74, 6) is 0.110. The van der Waals surface area contributed by atoms with Crippen molar-refractivity contribution in [2.24, 2.45) is 0 Å². The molecule has 0 atom stereocenters. The van der Waals surface area contributed by atoms with E-state index in [2.05, 4.69) is 10.6 Å². The Labute approximate surface area is 93.5 Å². The number of carbonyl (C=O) groups is 2. The number of aromatic hydroxyl groups is 1. The van der Waals surface area contributed by atoms with Crippen molar-refractivity contribution in [1.29, 1.82) is 0 Å². The molecule has 0 aliphatic carbocycles. The lowest BCUT2D eigenvalue weighted by atomic mass is 10.3. The summed E-state index contributed by atoms with van der Waals surface area (Å²) in [6.07, 6.45) is 0.313. The number of benzene rings is 1. The van der Waals surface area contributed by atoms with E-state index in [4.69, 9.17) is 5.11 Å². The van der Waals surface area contributed by atoms with Gasteiger partial charge in [-0.15, -0.1) is 0 Å². The van der Waals surface area contributed by atoms with Gasteiger partial charge in [0.15, 0.2) is 0 Å². The van der Waals surface area contributed by atoms with Gasteiger partial charge in [0.2, 0.25) is 0 Å². The fourth-order valence-corrected chi connectivity index (χ4v) is 1.11. The number of rotatable bonds is 4. The molecule has 16 heavy (non-hydrogen) atoms. The third-order valence-corrected chi connectivity index (χ3v) is 1.87. The smallest absolute Gasteiger partial charge is 0.319 e. The highest BCUT2D eigenvalue weighted by atomic mass is 16.3. The zero-order chi connectivity index (χ0) is 12.0. The number of Topliss-reactive ketones (excluding diaryl/α,β-unsaturated/α-hetero) is 1. The summed E-state index contributed by atoms with van der Waals surface area (Å²) >= 11 is 0. The molecule has 0 aromatic heterocycles. The van der Waals surface area contributed by atoms with Crippen molar-refractivity contribution in [1.82, 2.24) is 5.32 Å². The van der Waals surface area contributed by atoms with E-state index in [1.807, 2.05) is 0 Å². The Morgan fingerprint density at radius 3 is 2.75 bits per heavy atom. The van der Waals surface area contributed by atoms with E-state index in [0.717, 1.165) is 0 Å². The topological polar surface area (TPSA) is 78.4 Å². The van der Waals surface area contributed by atoms with Crippen LogP contribution in [0, 0.1) is 0 Å². The van der Waals surface area contributed by atoms with Crippen molar-refractivity contribution in [2.45, 2.75) is 13.3 Å². The van der Waals surface area contributed by atoms with Crippen LogP contribution in [0.5, 0.6) is 5.75 Å². The maximum absolute atomic E-state index is 11.3. The molecule has 3 N–H and O–H groups in total. The number of phenolic OH excluding ortho intramolecular Hbond substituents is 1. The van der Waals surface area contributed by atoms with E-state index in [1.54, 1.807) is 12.1 Å². The first kappa shape index (κ1) is 12.0. The molecule has 1 aromatic rings. The molecule has 1 aromatic carbocycles. The highest BCUT2D eigenvalue weighted by molar-refractivity contribution is 5.89. The molecular formula is C11H14N2O3. The van der Waals surface area contributed by atoms with Crippen LogP contribution in [-0.4, -0.2) is 23.5 Å². The van der Waals surface area contributed by atoms with Gasteiger partial charge in [-0.3, -0.25) is 4.79 Å². The lowest BCUT2D eigenvalue weighted by molar-refractivity contribution is -0.116. The summed E-state index contributed by atoms with van der Waals surface area (Å²) in [6.45, 7) is 1.77. The fraction of sp³-hybridized carbons (Fsp3) is 0.273. The highest BCUT2D eigenvalue weighted by Crippen LogP contribution is 2.14. The van der Waals surface area contributed by atoms with Crippen molar-refractivity contribution in [2.75, 3.05) is 11.9 Å². The molecule has 0 aliphatic rings. The third kappa shape index (κ3) is 4.45. The summed E-state index contributed by atoms with van der Waals surface area (Å²) in [6, 6.07) is 5.83. The third-order valence-electron chi connectivity index (χ3n) is 1.87. The van der Waals surface area contributed by atoms with E-state index in [-0.39, 0.29) is 11.5 Å². The van der Waals surface area contributed by atoms with Crippen molar-refractivity contribution >= 4 is 17.5 Å². The maximum atomic E-state index is 11.3. The molecule has 0 spiro atoms. The van der Waals surface area contributed by atoms with Crippen LogP contribution in [0.4, 0.5) is 10.5 Å². The van der Waals surface area contributed by atoms with E-state index in [0.29, 0.717) is 18.7 Å². The monoisotopic (exact) mass is 222 g/mol. The SMILES string of the molecule is CC(=O)CCNC(=O)Nc1cccc(O)c1. The molecule has 2 amide bonds. The van der Waals surface area contributed by atoms with Crippen LogP contribution in [0.25, 0.3) is 0 Å². The Morgan fingerprint density at radius 2 is 2.12 bits per heavy atom. The molecule has 0 heterocycles. The predicted octanol–water partition coefficient (Wildman–Crippen LogP) is 1.49. The van der Waals surface area contributed by atoms with Gasteiger partial charge >= 0.3 is 6.03 Å². The molecule has 1 rings (SSSR count). The van der Waals surface area contributed by atoms with Crippen molar-refractivity contribution in [3.05, 3.63) is 24.3 Å². The fourth-order valence-electron chi connectivity index (χ4n) is 1.11. The summed E-state index contributed by atoms with van der Waals surface area (Å²) in [5.41, 5.74) is 0.500. The number of hydrogen-bond donors (Lipinski definition) is 3. The molecule has 0 saturated carbocycles. The molecule has 0 bridgehead atoms. The summed E-state index contributed by atoms with van der Waals surface area (Å²) in [5, 5.41) is 14.2. The maximum Gasteiger partial charge on any atom is 0.319 e. The van der Waals surface area contributed by atoms with Gasteiger partial charge in [0.05, 0.1) is 0 Å². The minimum atomic E-state index is -0.396. The van der Waals surface area contributed by atoms with Crippen molar-refractivity contribution in [3.63, 3.8) is 0 Å². The van der Waals surface area contributed by atoms with Crippen LogP contribution in [-0.2, 0) is 4.79 Å². The second-order valence-electron chi connectivity index (χ2n) is 3.38. The quantitative estimate of drug-likeness (QED) is 0.722. The lowest BCUT2D eigenvalue weighted by Gasteiger charge is -2.06. The molecule has 0 radical (unpaired) electrons. The van der Waals surface area contributed by atoms with Gasteiger partial charge in [-0.2, -0.15) is 0 Å². The number of anilines is 1. The van der Waals surface area contributed by atoms with Gasteiger partial charge in [0.1, 0.15) is 11.5 Å². The molecule has 0 aliphatic heterocycles. The highest BCUT2D eigenvalue weighted by Gasteiger charge is 2.01. The average molecular weight is 222 g/mol. The predicted molar refractivity (Wildman–Crippen MR) is 60.4 cm³/mol. The number of amides is 2. The van der Waals surface area contributed by atoms with Gasteiger partial charge in [-0.05, 0) is 19.1 Å². The summed E-state index contributed by atoms with van der Waals surface area (Å²) in [4.78, 5) is 21.9. The van der Waals surface area contributed by atoms with Crippen LogP contribution in [0.2, 0.25) is 0 Å². The van der Waals surface area contributed by atoms with Crippen molar-refractivity contribution < 1.29 is 14.7 Å². The number of ketones is 1. The molecule has 5 heteroatoms. The molecule has 0 fully saturated rings. The number of hydrogen-bond acceptors (Lipinski definition) is 3. The summed E-state index contributed by atoms with van der Waals surface area (Å²) < 4.78 is 0. The van der Waals surface area contributed by atoms with E-state index < -0.39 is 6.03 Å². The van der Waals surface area contributed by atoms with Crippen LogP contribution in [0.1, 0.15) is 13.3 Å². The largest absolute Gasteiger partial charge is 0.508 e. The Bertz CT molecular complexity index is 391. The zero-order valence-corrected chi connectivity index (χ0v) is 8.99. The molecule has 86 valence electrons. The number of phenols is 1. The first-order valence-electron chi connectivity index (χ1n) is 4.91. The van der Waals surface area contributed by atoms with Gasteiger partial charge < -0.3 is 15.7 Å². The van der Waals surface area contributed by atoms with Crippen LogP contribution in [0.15, 0.2) is 24.3 Å². The average Bonchev–Trinajstić information content (AvgIpc) is 2.16. The number of carbonyl (C=O) groups excluding carboxylic acids is 2. The Morgan fingerprint density at radius 1 is 1.38 bits per heavy atom. The first-order valence-corrected chi connectivity index (χ1v) is 4.91. The van der Waals surface area contributed by atoms with Gasteiger partial charge in [-0.1, -0.05) is 6.07 Å². The Hall–Kier alpha value is -2.04. The van der Waals surface area contributed by atoms with Crippen molar-refractivity contribution in [3.8, 4) is 5.75 Å². The van der Waals surface area contributed by atoms with E-state index in [1.165, 1.54) is 19.1 Å². The second kappa shape index (κ2) is 5.75. The van der Waals surface area contributed by atoms with E-state index >= 15 is 0 Å². The van der Waals surface area contributed by atoms with Gasteiger partial charge in [0.25, 0.3) is 0 Å². The standard InChI is InChI=1S/C11H14N2O3/c1-8(14)5-6-12-11(16)13-9-3-2-4-10(15)7-9/h2-4,7,15H,5-6H2,1H3,(H2,12,13,16). The van der Waals surface area contributed by atoms with Gasteiger partial charge in [0, 0.05) is 24.7 Å². The van der Waals surface area contributed by atoms with Gasteiger partial charge in [-0.25, -0.2) is 4.79 Å². The zero-order valence-electron chi connectivity index (χ0n) is 8.99. The minimum Gasteiger partial charge on any atom is -0.508 e. The lowest BCUT2D eigenvalue weighted by Crippen LogP contribution is -2.30. The number of urea groups is 1. The van der Waals surface area contributed by atoms with Crippen LogP contribution >= 0.6 is 0 Å². The van der Waals surface area contributed by atoms with E-state index in [9.17, 15) is 9.59 Å². The Balaban J connectivity index is 2.37. The normalized spacial score (nSPS) is 9.56. The second-order valence-corrected chi connectivity index (χ2v) is 3.38. The molecule has 0 unspecified atom stereocenters. The first-order chi connectivity index (χ1) is 7.58. The van der Waals surface area contributed by atoms with Crippen LogP contribution in [0.3, 0.4) is 0 Å². The molecular weight excluding hydrogens is 208 g/mol. The summed E-state index contributed by atoms with van der Waals surface area (Å²) in [7, 11) is 0.